The minimum Gasteiger partial charge on any atom is -0.480 e. The third-order valence-corrected chi connectivity index (χ3v) is 11.0. The van der Waals surface area contributed by atoms with E-state index in [1.807, 2.05) is 58.0 Å². The number of carboxylic acids is 1. The van der Waals surface area contributed by atoms with Crippen LogP contribution < -0.4 is 0 Å². The number of nitrogens with zero attached hydrogens (tertiary/aromatic N) is 4. The zero-order valence-corrected chi connectivity index (χ0v) is 33.8. The summed E-state index contributed by atoms with van der Waals surface area (Å²) < 4.78 is 5.59. The third-order valence-electron chi connectivity index (χ3n) is 11.0. The van der Waals surface area contributed by atoms with Crippen LogP contribution in [0.25, 0.3) is 0 Å². The fraction of sp³-hybridized carbons (Fsp3) is 0.628. The lowest BCUT2D eigenvalue weighted by molar-refractivity contribution is -0.158. The summed E-state index contributed by atoms with van der Waals surface area (Å²) in [6.07, 6.45) is 4.80. The number of amides is 4. The van der Waals surface area contributed by atoms with Crippen molar-refractivity contribution in [2.24, 2.45) is 11.8 Å². The summed E-state index contributed by atoms with van der Waals surface area (Å²) in [5.74, 6) is -1.66. The van der Waals surface area contributed by atoms with Crippen LogP contribution in [0.2, 0.25) is 0 Å². The molecule has 5 rings (SSSR count). The van der Waals surface area contributed by atoms with Crippen LogP contribution in [0.3, 0.4) is 0 Å². The van der Waals surface area contributed by atoms with E-state index in [2.05, 4.69) is 13.2 Å². The number of benzene rings is 1. The highest BCUT2D eigenvalue weighted by atomic mass is 16.5. The van der Waals surface area contributed by atoms with E-state index in [1.54, 1.807) is 28.5 Å². The second kappa shape index (κ2) is 20.6. The molecule has 312 valence electrons. The van der Waals surface area contributed by atoms with Crippen LogP contribution in [0.1, 0.15) is 106 Å². The lowest BCUT2D eigenvalue weighted by atomic mass is 9.93. The third kappa shape index (κ3) is 10.3. The number of aliphatic hydroxyl groups is 1. The Morgan fingerprint density at radius 2 is 1.12 bits per heavy atom. The first-order valence-electron chi connectivity index (χ1n) is 19.4. The van der Waals surface area contributed by atoms with E-state index >= 15 is 0 Å². The number of hydrogen-bond acceptors (Lipinski definition) is 8. The smallest absolute Gasteiger partial charge is 0.329 e. The molecule has 13 heteroatoms. The van der Waals surface area contributed by atoms with Gasteiger partial charge in [-0.15, -0.1) is 0 Å². The van der Waals surface area contributed by atoms with E-state index in [1.165, 1.54) is 4.90 Å². The van der Waals surface area contributed by atoms with Crippen molar-refractivity contribution in [1.29, 1.82) is 0 Å². The summed E-state index contributed by atoms with van der Waals surface area (Å²) in [5, 5.41) is 16.5. The lowest BCUT2D eigenvalue weighted by Crippen LogP contribution is -2.55. The molecule has 4 amide bonds. The summed E-state index contributed by atoms with van der Waals surface area (Å²) in [6.45, 7) is 20.8. The molecule has 0 saturated carbocycles. The van der Waals surface area contributed by atoms with Gasteiger partial charge in [-0.1, -0.05) is 78.6 Å². The number of carboxylic acid groups (broad SMARTS) is 1. The molecule has 4 heterocycles. The standard InChI is InChI=1S/C24H32N2O4.C17H26N2O4.CH4O.CH4/c1-17(2)15-20(22(28)30-16-19-9-6-5-7-10-19)25-14-12-24(23(25)29)11-8-13-26(24)21(27)18(3)4;1-11(2)10-13(15(21)22)18-9-7-17(16(18)23)6-5-8-19(17)14(20)12(3)4;1-2;/h5-7,9-10,17,20H,3,8,11-16H2,1-2,4H3;11,13H,3,5-10H2,1-2,4H3,(H,21,22);2H,1H3;1H4/t20-,24-;13-,17-;;/m11../s1. The van der Waals surface area contributed by atoms with Gasteiger partial charge in [-0.2, -0.15) is 0 Å². The van der Waals surface area contributed by atoms with Crippen LogP contribution in [0, 0.1) is 11.8 Å². The number of ether oxygens (including phenoxy) is 1. The van der Waals surface area contributed by atoms with Gasteiger partial charge >= 0.3 is 11.9 Å². The molecule has 0 bridgehead atoms. The highest BCUT2D eigenvalue weighted by Gasteiger charge is 2.58. The van der Waals surface area contributed by atoms with E-state index in [-0.39, 0.29) is 55.5 Å². The fourth-order valence-corrected chi connectivity index (χ4v) is 8.36. The van der Waals surface area contributed by atoms with Gasteiger partial charge in [-0.3, -0.25) is 19.2 Å². The van der Waals surface area contributed by atoms with Crippen LogP contribution >= 0.6 is 0 Å². The van der Waals surface area contributed by atoms with Crippen molar-refractivity contribution in [2.45, 2.75) is 130 Å². The summed E-state index contributed by atoms with van der Waals surface area (Å²) in [4.78, 5) is 82.7. The Kier molecular flexibility index (Phi) is 17.5. The number of likely N-dealkylation sites (tertiary alicyclic amines) is 4. The average Bonchev–Trinajstić information content (AvgIpc) is 3.93. The summed E-state index contributed by atoms with van der Waals surface area (Å²) in [6, 6.07) is 8.06. The average molecular weight is 783 g/mol. The maximum Gasteiger partial charge on any atom is 0.329 e. The molecular formula is C43H66N4O9. The molecular weight excluding hydrogens is 716 g/mol. The molecule has 4 fully saturated rings. The van der Waals surface area contributed by atoms with E-state index < -0.39 is 29.1 Å². The summed E-state index contributed by atoms with van der Waals surface area (Å²) >= 11 is 0. The molecule has 0 radical (unpaired) electrons. The van der Waals surface area contributed by atoms with Crippen molar-refractivity contribution < 1.29 is 43.7 Å². The van der Waals surface area contributed by atoms with E-state index in [4.69, 9.17) is 9.84 Å². The van der Waals surface area contributed by atoms with E-state index in [0.29, 0.717) is 75.9 Å². The van der Waals surface area contributed by atoms with Crippen LogP contribution in [0.4, 0.5) is 0 Å². The van der Waals surface area contributed by atoms with Crippen molar-refractivity contribution in [3.05, 3.63) is 60.2 Å². The number of hydrogen-bond donors (Lipinski definition) is 2. The van der Waals surface area contributed by atoms with Gasteiger partial charge in [0.05, 0.1) is 0 Å². The largest absolute Gasteiger partial charge is 0.480 e. The number of aliphatic hydroxyl groups excluding tert-OH is 1. The first kappa shape index (κ1) is 47.6. The molecule has 0 aliphatic carbocycles. The normalized spacial score (nSPS) is 22.4. The van der Waals surface area contributed by atoms with E-state index in [0.717, 1.165) is 25.5 Å². The Balaban J connectivity index is 0.000000376. The maximum atomic E-state index is 13.6. The number of carbonyl (C=O) groups is 6. The predicted molar refractivity (Wildman–Crippen MR) is 215 cm³/mol. The zero-order valence-electron chi connectivity index (χ0n) is 33.8. The maximum absolute atomic E-state index is 13.6. The second-order valence-electron chi connectivity index (χ2n) is 16.0. The highest BCUT2D eigenvalue weighted by molar-refractivity contribution is 6.01. The van der Waals surface area contributed by atoms with Gasteiger partial charge in [-0.25, -0.2) is 9.59 Å². The van der Waals surface area contributed by atoms with Crippen molar-refractivity contribution >= 4 is 35.6 Å². The Hall–Kier alpha value is -4.52. The van der Waals surface area contributed by atoms with Gasteiger partial charge in [0, 0.05) is 44.4 Å². The SMILES string of the molecule is C.C=C(C)C(=O)N1CCC[C@]12CCN([C@H](CC(C)C)C(=O)O)C2=O.C=C(C)C(=O)N1CCC[C@]12CCN([C@H](CC(C)C)C(=O)OCc1ccccc1)C2=O.CO. The van der Waals surface area contributed by atoms with Gasteiger partial charge in [0.1, 0.15) is 29.8 Å². The van der Waals surface area contributed by atoms with Gasteiger partial charge in [0.2, 0.25) is 23.6 Å². The topological polar surface area (TPSA) is 165 Å². The molecule has 4 saturated heterocycles. The Labute approximate surface area is 333 Å². The van der Waals surface area contributed by atoms with Gasteiger partial charge in [0.25, 0.3) is 0 Å². The van der Waals surface area contributed by atoms with Crippen molar-refractivity contribution in [1.82, 2.24) is 19.6 Å². The molecule has 4 aliphatic heterocycles. The summed E-state index contributed by atoms with van der Waals surface area (Å²) in [7, 11) is 1.00. The molecule has 13 nitrogen and oxygen atoms in total. The van der Waals surface area contributed by atoms with Gasteiger partial charge in [-0.05, 0) is 82.6 Å². The first-order valence-corrected chi connectivity index (χ1v) is 19.4. The van der Waals surface area contributed by atoms with Crippen LogP contribution in [0.15, 0.2) is 54.6 Å². The van der Waals surface area contributed by atoms with E-state index in [9.17, 15) is 33.9 Å². The predicted octanol–water partition coefficient (Wildman–Crippen LogP) is 5.21. The van der Waals surface area contributed by atoms with Crippen molar-refractivity contribution in [2.75, 3.05) is 33.3 Å². The molecule has 4 aliphatic rings. The van der Waals surface area contributed by atoms with Crippen molar-refractivity contribution in [3.8, 4) is 0 Å². The number of carbonyl (C=O) groups excluding carboxylic acids is 5. The summed E-state index contributed by atoms with van der Waals surface area (Å²) in [5.41, 5.74) is 0.0523. The molecule has 56 heavy (non-hydrogen) atoms. The first-order chi connectivity index (χ1) is 26.0. The number of aliphatic carboxylic acids is 1. The fourth-order valence-electron chi connectivity index (χ4n) is 8.36. The Bertz CT molecular complexity index is 1590. The molecule has 1 aromatic carbocycles. The van der Waals surface area contributed by atoms with Crippen LogP contribution in [0.5, 0.6) is 0 Å². The molecule has 2 N–H and O–H groups in total. The van der Waals surface area contributed by atoms with Gasteiger partial charge < -0.3 is 34.5 Å². The Morgan fingerprint density at radius 3 is 1.52 bits per heavy atom. The highest BCUT2D eigenvalue weighted by Crippen LogP contribution is 2.42. The zero-order chi connectivity index (χ0) is 41.2. The molecule has 2 spiro atoms. The minimum atomic E-state index is -0.972. The molecule has 0 unspecified atom stereocenters. The molecule has 0 aromatic heterocycles. The second-order valence-corrected chi connectivity index (χ2v) is 16.0. The van der Waals surface area contributed by atoms with Gasteiger partial charge in [0.15, 0.2) is 0 Å². The Morgan fingerprint density at radius 1 is 0.714 bits per heavy atom. The lowest BCUT2D eigenvalue weighted by Gasteiger charge is -2.35. The number of rotatable bonds is 12. The van der Waals surface area contributed by atoms with Crippen LogP contribution in [-0.4, -0.2) is 122 Å². The van der Waals surface area contributed by atoms with Crippen molar-refractivity contribution in [3.63, 3.8) is 0 Å². The molecule has 1 aromatic rings. The number of esters is 1. The molecule has 4 atom stereocenters. The minimum absolute atomic E-state index is 0. The van der Waals surface area contributed by atoms with Crippen LogP contribution in [-0.2, 0) is 40.1 Å². The monoisotopic (exact) mass is 782 g/mol. The quantitative estimate of drug-likeness (QED) is 0.214.